The highest BCUT2D eigenvalue weighted by atomic mass is 35.5. The van der Waals surface area contributed by atoms with Gasteiger partial charge >= 0.3 is 0 Å². The van der Waals surface area contributed by atoms with Crippen molar-refractivity contribution in [3.05, 3.63) is 29.3 Å². The zero-order valence-electron chi connectivity index (χ0n) is 8.22. The molecule has 1 aromatic carbocycles. The van der Waals surface area contributed by atoms with E-state index >= 15 is 0 Å². The summed E-state index contributed by atoms with van der Waals surface area (Å²) < 4.78 is 5.50. The third-order valence-corrected chi connectivity index (χ3v) is 2.19. The van der Waals surface area contributed by atoms with Crippen LogP contribution in [0.5, 0.6) is 5.75 Å². The molecule has 2 N–H and O–H groups in total. The topological polar surface area (TPSA) is 35.2 Å². The van der Waals surface area contributed by atoms with E-state index in [4.69, 9.17) is 22.1 Å². The van der Waals surface area contributed by atoms with Crippen LogP contribution in [-0.2, 0) is 0 Å². The molecule has 0 aliphatic carbocycles. The molecule has 3 heteroatoms. The van der Waals surface area contributed by atoms with Gasteiger partial charge in [-0.1, -0.05) is 31.2 Å². The maximum atomic E-state index is 5.87. The van der Waals surface area contributed by atoms with E-state index in [9.17, 15) is 0 Å². The van der Waals surface area contributed by atoms with Gasteiger partial charge in [0.2, 0.25) is 0 Å². The van der Waals surface area contributed by atoms with Gasteiger partial charge in [0.25, 0.3) is 0 Å². The maximum Gasteiger partial charge on any atom is 0.128 e. The number of ether oxygens (including phenoxy) is 1. The van der Waals surface area contributed by atoms with Gasteiger partial charge in [-0.25, -0.2) is 0 Å². The minimum atomic E-state index is 0.523. The summed E-state index contributed by atoms with van der Waals surface area (Å²) in [5.41, 5.74) is 7.08. The molecule has 1 aromatic rings. The Morgan fingerprint density at radius 3 is 2.86 bits per heavy atom. The van der Waals surface area contributed by atoms with Crippen LogP contribution in [0.3, 0.4) is 0 Å². The Morgan fingerprint density at radius 2 is 2.29 bits per heavy atom. The summed E-state index contributed by atoms with van der Waals surface area (Å²) >= 11 is 5.87. The summed E-state index contributed by atoms with van der Waals surface area (Å²) in [4.78, 5) is 0. The average Bonchev–Trinajstić information content (AvgIpc) is 2.20. The summed E-state index contributed by atoms with van der Waals surface area (Å²) in [7, 11) is 0. The van der Waals surface area contributed by atoms with Gasteiger partial charge in [-0.05, 0) is 18.6 Å². The van der Waals surface area contributed by atoms with Gasteiger partial charge in [-0.2, -0.15) is 0 Å². The molecule has 0 unspecified atom stereocenters. The van der Waals surface area contributed by atoms with E-state index in [2.05, 4.69) is 6.58 Å². The van der Waals surface area contributed by atoms with Crippen molar-refractivity contribution < 1.29 is 4.74 Å². The van der Waals surface area contributed by atoms with Crippen molar-refractivity contribution in [2.24, 2.45) is 0 Å². The lowest BCUT2D eigenvalue weighted by Crippen LogP contribution is -1.99. The van der Waals surface area contributed by atoms with Gasteiger partial charge in [-0.15, -0.1) is 0 Å². The van der Waals surface area contributed by atoms with Gasteiger partial charge in [0.1, 0.15) is 5.75 Å². The Bertz CT molecular complexity index is 336. The molecule has 0 amide bonds. The fourth-order valence-corrected chi connectivity index (χ4v) is 1.30. The molecule has 0 fully saturated rings. The van der Waals surface area contributed by atoms with Crippen LogP contribution in [0.25, 0.3) is 6.08 Å². The summed E-state index contributed by atoms with van der Waals surface area (Å²) in [6.07, 6.45) is 2.62. The minimum absolute atomic E-state index is 0.523. The highest BCUT2D eigenvalue weighted by Crippen LogP contribution is 2.31. The van der Waals surface area contributed by atoms with Gasteiger partial charge < -0.3 is 10.5 Å². The molecule has 0 heterocycles. The first-order valence-corrected chi connectivity index (χ1v) is 4.91. The molecule has 2 nitrogen and oxygen atoms in total. The highest BCUT2D eigenvalue weighted by molar-refractivity contribution is 6.33. The van der Waals surface area contributed by atoms with Crippen LogP contribution in [0.1, 0.15) is 18.9 Å². The van der Waals surface area contributed by atoms with Gasteiger partial charge in [0.15, 0.2) is 0 Å². The lowest BCUT2D eigenvalue weighted by molar-refractivity contribution is 0.317. The molecule has 0 atom stereocenters. The van der Waals surface area contributed by atoms with Crippen molar-refractivity contribution in [1.29, 1.82) is 0 Å². The van der Waals surface area contributed by atoms with Crippen LogP contribution in [0.2, 0.25) is 5.02 Å². The van der Waals surface area contributed by atoms with E-state index < -0.39 is 0 Å². The van der Waals surface area contributed by atoms with E-state index in [1.165, 1.54) is 0 Å². The second kappa shape index (κ2) is 4.91. The van der Waals surface area contributed by atoms with Crippen LogP contribution in [-0.4, -0.2) is 6.61 Å². The van der Waals surface area contributed by atoms with Crippen LogP contribution >= 0.6 is 11.6 Å². The second-order valence-electron chi connectivity index (χ2n) is 2.93. The Morgan fingerprint density at radius 1 is 1.57 bits per heavy atom. The monoisotopic (exact) mass is 211 g/mol. The van der Waals surface area contributed by atoms with Gasteiger partial charge in [-0.3, -0.25) is 0 Å². The van der Waals surface area contributed by atoms with Crippen molar-refractivity contribution in [3.8, 4) is 5.75 Å². The smallest absolute Gasteiger partial charge is 0.128 e. The van der Waals surface area contributed by atoms with E-state index in [0.29, 0.717) is 17.3 Å². The molecule has 0 spiro atoms. The number of nitrogens with two attached hydrogens (primary N) is 1. The van der Waals surface area contributed by atoms with Crippen LogP contribution in [0, 0.1) is 0 Å². The number of halogens is 1. The number of nitrogen functional groups attached to an aromatic ring is 1. The molecule has 0 aliphatic heterocycles. The van der Waals surface area contributed by atoms with Crippen molar-refractivity contribution >= 4 is 23.4 Å². The Labute approximate surface area is 89.3 Å². The van der Waals surface area contributed by atoms with Gasteiger partial charge in [0.05, 0.1) is 17.3 Å². The molecule has 76 valence electrons. The summed E-state index contributed by atoms with van der Waals surface area (Å²) in [6.45, 7) is 6.40. The van der Waals surface area contributed by atoms with Crippen LogP contribution < -0.4 is 10.5 Å². The third kappa shape index (κ3) is 2.20. The van der Waals surface area contributed by atoms with E-state index in [0.717, 1.165) is 17.7 Å². The number of hydrogen-bond donors (Lipinski definition) is 1. The van der Waals surface area contributed by atoms with Crippen molar-refractivity contribution in [3.63, 3.8) is 0 Å². The average molecular weight is 212 g/mol. The lowest BCUT2D eigenvalue weighted by Gasteiger charge is -2.11. The fraction of sp³-hybridized carbons (Fsp3) is 0.273. The summed E-state index contributed by atoms with van der Waals surface area (Å²) in [5.74, 6) is 0.740. The number of anilines is 1. The first-order valence-electron chi connectivity index (χ1n) is 4.54. The standard InChI is InChI=1S/C11H14ClNO/c1-3-7-14-10-6-5-9(12)11(13)8(10)4-2/h4-6H,2-3,7,13H2,1H3. The quantitative estimate of drug-likeness (QED) is 0.776. The van der Waals surface area contributed by atoms with Crippen LogP contribution in [0.15, 0.2) is 18.7 Å². The fourth-order valence-electron chi connectivity index (χ4n) is 1.14. The molecule has 0 radical (unpaired) electrons. The second-order valence-corrected chi connectivity index (χ2v) is 3.33. The molecule has 0 aromatic heterocycles. The number of rotatable bonds is 4. The zero-order valence-corrected chi connectivity index (χ0v) is 8.97. The molecular formula is C11H14ClNO. The largest absolute Gasteiger partial charge is 0.493 e. The number of hydrogen-bond acceptors (Lipinski definition) is 2. The molecule has 0 bridgehead atoms. The predicted molar refractivity (Wildman–Crippen MR) is 61.7 cm³/mol. The molecular weight excluding hydrogens is 198 g/mol. The highest BCUT2D eigenvalue weighted by Gasteiger charge is 2.07. The van der Waals surface area contributed by atoms with Crippen molar-refractivity contribution in [2.75, 3.05) is 12.3 Å². The molecule has 0 saturated heterocycles. The number of benzene rings is 1. The Balaban J connectivity index is 3.04. The van der Waals surface area contributed by atoms with Crippen molar-refractivity contribution in [1.82, 2.24) is 0 Å². The third-order valence-electron chi connectivity index (χ3n) is 1.86. The molecule has 14 heavy (non-hydrogen) atoms. The summed E-state index contributed by atoms with van der Waals surface area (Å²) in [6, 6.07) is 3.54. The summed E-state index contributed by atoms with van der Waals surface area (Å²) in [5, 5.41) is 0.531. The van der Waals surface area contributed by atoms with Crippen molar-refractivity contribution in [2.45, 2.75) is 13.3 Å². The van der Waals surface area contributed by atoms with Crippen LogP contribution in [0.4, 0.5) is 5.69 Å². The molecule has 0 saturated carbocycles. The van der Waals surface area contributed by atoms with Gasteiger partial charge in [0, 0.05) is 5.56 Å². The Kier molecular flexibility index (Phi) is 3.84. The lowest BCUT2D eigenvalue weighted by atomic mass is 10.1. The molecule has 0 aliphatic rings. The molecule has 1 rings (SSSR count). The first-order chi connectivity index (χ1) is 6.70. The predicted octanol–water partition coefficient (Wildman–Crippen LogP) is 3.35. The van der Waals surface area contributed by atoms with E-state index in [1.54, 1.807) is 12.1 Å². The first kappa shape index (κ1) is 10.9. The maximum absolute atomic E-state index is 5.87. The SMILES string of the molecule is C=Cc1c(OCCC)ccc(Cl)c1N. The minimum Gasteiger partial charge on any atom is -0.493 e. The zero-order chi connectivity index (χ0) is 10.6. The normalized spacial score (nSPS) is 9.86. The Hall–Kier alpha value is -1.15. The van der Waals surface area contributed by atoms with E-state index in [1.807, 2.05) is 13.0 Å². The van der Waals surface area contributed by atoms with E-state index in [-0.39, 0.29) is 0 Å².